The summed E-state index contributed by atoms with van der Waals surface area (Å²) in [7, 11) is 0. The minimum Gasteiger partial charge on any atom is -0.383 e. The van der Waals surface area contributed by atoms with Gasteiger partial charge in [0, 0.05) is 24.0 Å². The number of hydrogen-bond donors (Lipinski definition) is 3. The number of carbonyl (C=O) groups excluding carboxylic acids is 1. The molecular formula is C20H26N2O3. The van der Waals surface area contributed by atoms with Crippen LogP contribution in [-0.2, 0) is 16.8 Å². The molecule has 5 rings (SSSR count). The molecule has 5 heteroatoms. The summed E-state index contributed by atoms with van der Waals surface area (Å²) in [5.41, 5.74) is 1.39. The van der Waals surface area contributed by atoms with E-state index < -0.39 is 5.60 Å². The fourth-order valence-electron chi connectivity index (χ4n) is 5.73. The zero-order chi connectivity index (χ0) is 17.1. The molecule has 1 aromatic rings. The van der Waals surface area contributed by atoms with Gasteiger partial charge in [-0.3, -0.25) is 0 Å². The molecule has 0 aromatic heterocycles. The lowest BCUT2D eigenvalue weighted by atomic mass is 9.46. The van der Waals surface area contributed by atoms with Gasteiger partial charge in [-0.25, -0.2) is 4.79 Å². The molecule has 1 aromatic carbocycles. The van der Waals surface area contributed by atoms with Gasteiger partial charge in [0.2, 0.25) is 0 Å². The molecule has 1 saturated heterocycles. The van der Waals surface area contributed by atoms with Gasteiger partial charge in [-0.05, 0) is 43.2 Å². The highest BCUT2D eigenvalue weighted by molar-refractivity contribution is 5.75. The van der Waals surface area contributed by atoms with E-state index >= 15 is 0 Å². The van der Waals surface area contributed by atoms with Crippen molar-refractivity contribution < 1.29 is 14.6 Å². The van der Waals surface area contributed by atoms with E-state index in [1.807, 2.05) is 18.2 Å². The summed E-state index contributed by atoms with van der Waals surface area (Å²) in [4.78, 5) is 12.5. The highest BCUT2D eigenvalue weighted by Crippen LogP contribution is 2.62. The van der Waals surface area contributed by atoms with E-state index in [0.29, 0.717) is 18.4 Å². The van der Waals surface area contributed by atoms with Gasteiger partial charge in [-0.15, -0.1) is 0 Å². The van der Waals surface area contributed by atoms with Gasteiger partial charge < -0.3 is 20.5 Å². The van der Waals surface area contributed by atoms with E-state index in [9.17, 15) is 9.90 Å². The molecule has 2 saturated carbocycles. The van der Waals surface area contributed by atoms with Gasteiger partial charge in [0.15, 0.2) is 0 Å². The Morgan fingerprint density at radius 2 is 2.12 bits per heavy atom. The zero-order valence-electron chi connectivity index (χ0n) is 14.5. The first-order chi connectivity index (χ1) is 12.1. The van der Waals surface area contributed by atoms with Crippen molar-refractivity contribution >= 4 is 6.03 Å². The average molecular weight is 342 g/mol. The number of aryl methyl sites for hydroxylation is 1. The van der Waals surface area contributed by atoms with Crippen LogP contribution in [0.4, 0.5) is 4.79 Å². The Morgan fingerprint density at radius 3 is 2.92 bits per heavy atom. The van der Waals surface area contributed by atoms with Crippen LogP contribution in [0.2, 0.25) is 0 Å². The van der Waals surface area contributed by atoms with E-state index in [2.05, 4.69) is 16.7 Å². The summed E-state index contributed by atoms with van der Waals surface area (Å²) >= 11 is 0. The molecule has 25 heavy (non-hydrogen) atoms. The van der Waals surface area contributed by atoms with Crippen LogP contribution in [0, 0.1) is 11.3 Å². The Morgan fingerprint density at radius 1 is 1.28 bits per heavy atom. The van der Waals surface area contributed by atoms with Crippen molar-refractivity contribution in [3.8, 4) is 0 Å². The van der Waals surface area contributed by atoms with Crippen LogP contribution >= 0.6 is 0 Å². The lowest BCUT2D eigenvalue weighted by molar-refractivity contribution is -0.172. The first-order valence-electron chi connectivity index (χ1n) is 9.59. The molecule has 4 aliphatic rings. The van der Waals surface area contributed by atoms with Crippen molar-refractivity contribution in [2.75, 3.05) is 13.2 Å². The number of aliphatic hydroxyl groups is 1. The molecular weight excluding hydrogens is 316 g/mol. The molecule has 5 nitrogen and oxygen atoms in total. The third kappa shape index (κ3) is 2.18. The highest BCUT2D eigenvalue weighted by Gasteiger charge is 2.67. The summed E-state index contributed by atoms with van der Waals surface area (Å²) in [6.45, 7) is 1.09. The molecule has 4 unspecified atom stereocenters. The first kappa shape index (κ1) is 15.6. The number of hydrogen-bond acceptors (Lipinski definition) is 3. The number of carbonyl (C=O) groups is 1. The quantitative estimate of drug-likeness (QED) is 0.788. The molecule has 3 aliphatic carbocycles. The number of fused-ring (bicyclic) bond motifs is 3. The second kappa shape index (κ2) is 5.45. The normalized spacial score (nSPS) is 36.9. The predicted molar refractivity (Wildman–Crippen MR) is 93.1 cm³/mol. The van der Waals surface area contributed by atoms with Crippen molar-refractivity contribution in [2.24, 2.45) is 11.3 Å². The lowest BCUT2D eigenvalue weighted by Crippen LogP contribution is -2.72. The van der Waals surface area contributed by atoms with E-state index in [1.165, 1.54) is 12.0 Å². The molecule has 1 heterocycles. The van der Waals surface area contributed by atoms with Crippen LogP contribution in [0.1, 0.15) is 43.2 Å². The van der Waals surface area contributed by atoms with Crippen molar-refractivity contribution in [1.29, 1.82) is 0 Å². The largest absolute Gasteiger partial charge is 0.383 e. The number of urea groups is 1. The number of rotatable bonds is 3. The lowest BCUT2D eigenvalue weighted by Gasteiger charge is -2.63. The van der Waals surface area contributed by atoms with Gasteiger partial charge in [0.1, 0.15) is 5.60 Å². The molecule has 3 N–H and O–H groups in total. The topological polar surface area (TPSA) is 70.6 Å². The standard InChI is InChI=1S/C20H26N2O3/c23-18(21-12-20(24)10-6-13-4-1-2-5-15(13)20)22-16-14-7-11-25-17(14)19(16)8-3-9-19/h1-2,4-5,14,16-17,24H,3,6-12H2,(H2,21,22,23). The molecule has 1 spiro atoms. The Bertz CT molecular complexity index is 702. The number of ether oxygens (including phenoxy) is 1. The van der Waals surface area contributed by atoms with Crippen molar-refractivity contribution in [1.82, 2.24) is 10.6 Å². The predicted octanol–water partition coefficient (Wildman–Crippen LogP) is 2.08. The summed E-state index contributed by atoms with van der Waals surface area (Å²) in [5.74, 6) is 0.473. The fourth-order valence-corrected chi connectivity index (χ4v) is 5.73. The third-order valence-electron chi connectivity index (χ3n) is 7.19. The molecule has 4 atom stereocenters. The number of benzene rings is 1. The van der Waals surface area contributed by atoms with Crippen molar-refractivity contribution in [3.05, 3.63) is 35.4 Å². The van der Waals surface area contributed by atoms with Crippen LogP contribution in [0.15, 0.2) is 24.3 Å². The van der Waals surface area contributed by atoms with Crippen molar-refractivity contribution in [3.63, 3.8) is 0 Å². The van der Waals surface area contributed by atoms with Gasteiger partial charge >= 0.3 is 6.03 Å². The maximum Gasteiger partial charge on any atom is 0.315 e. The molecule has 1 aliphatic heterocycles. The Labute approximate surface area is 148 Å². The SMILES string of the molecule is O=C(NCC1(O)CCc2ccccc21)NC1C2CCOC2C12CCC2. The van der Waals surface area contributed by atoms with Gasteiger partial charge in [-0.1, -0.05) is 30.7 Å². The van der Waals surface area contributed by atoms with Crippen molar-refractivity contribution in [2.45, 2.75) is 56.3 Å². The monoisotopic (exact) mass is 342 g/mol. The maximum absolute atomic E-state index is 12.5. The van der Waals surface area contributed by atoms with Gasteiger partial charge in [0.05, 0.1) is 12.6 Å². The van der Waals surface area contributed by atoms with Gasteiger partial charge in [0.25, 0.3) is 0 Å². The third-order valence-corrected chi connectivity index (χ3v) is 7.19. The molecule has 2 amide bonds. The summed E-state index contributed by atoms with van der Waals surface area (Å²) < 4.78 is 5.91. The Balaban J connectivity index is 1.22. The van der Waals surface area contributed by atoms with Crippen LogP contribution in [0.25, 0.3) is 0 Å². The maximum atomic E-state index is 12.5. The summed E-state index contributed by atoms with van der Waals surface area (Å²) in [6, 6.07) is 8.06. The molecule has 0 radical (unpaired) electrons. The van der Waals surface area contributed by atoms with E-state index in [-0.39, 0.29) is 24.0 Å². The fraction of sp³-hybridized carbons (Fsp3) is 0.650. The van der Waals surface area contributed by atoms with E-state index in [4.69, 9.17) is 4.74 Å². The minimum absolute atomic E-state index is 0.153. The Hall–Kier alpha value is -1.59. The zero-order valence-corrected chi connectivity index (χ0v) is 14.5. The number of nitrogens with one attached hydrogen (secondary N) is 2. The van der Waals surface area contributed by atoms with Crippen LogP contribution < -0.4 is 10.6 Å². The molecule has 0 bridgehead atoms. The average Bonchev–Trinajstić information content (AvgIpc) is 3.14. The Kier molecular flexibility index (Phi) is 3.41. The molecule has 134 valence electrons. The number of amides is 2. The van der Waals surface area contributed by atoms with Crippen LogP contribution in [0.5, 0.6) is 0 Å². The second-order valence-corrected chi connectivity index (χ2v) is 8.32. The van der Waals surface area contributed by atoms with Gasteiger partial charge in [-0.2, -0.15) is 0 Å². The van der Waals surface area contributed by atoms with Crippen LogP contribution in [0.3, 0.4) is 0 Å². The summed E-state index contributed by atoms with van der Waals surface area (Å²) in [6.07, 6.45) is 6.50. The van der Waals surface area contributed by atoms with E-state index in [1.54, 1.807) is 0 Å². The second-order valence-electron chi connectivity index (χ2n) is 8.32. The van der Waals surface area contributed by atoms with E-state index in [0.717, 1.165) is 37.9 Å². The van der Waals surface area contributed by atoms with Crippen LogP contribution in [-0.4, -0.2) is 36.4 Å². The molecule has 3 fully saturated rings. The highest BCUT2D eigenvalue weighted by atomic mass is 16.5. The minimum atomic E-state index is -0.944. The smallest absolute Gasteiger partial charge is 0.315 e. The summed E-state index contributed by atoms with van der Waals surface area (Å²) in [5, 5.41) is 17.1. The first-order valence-corrected chi connectivity index (χ1v) is 9.59.